The van der Waals surface area contributed by atoms with Crippen molar-refractivity contribution in [1.29, 1.82) is 0 Å². The number of amides is 2. The van der Waals surface area contributed by atoms with E-state index in [9.17, 15) is 27.2 Å². The summed E-state index contributed by atoms with van der Waals surface area (Å²) in [6.07, 6.45) is -2.94. The molecule has 4 rings (SSSR count). The van der Waals surface area contributed by atoms with Crippen LogP contribution in [-0.4, -0.2) is 35.6 Å². The van der Waals surface area contributed by atoms with E-state index in [0.29, 0.717) is 17.3 Å². The van der Waals surface area contributed by atoms with Crippen LogP contribution in [0.4, 0.5) is 34.8 Å². The van der Waals surface area contributed by atoms with Crippen molar-refractivity contribution < 1.29 is 31.9 Å². The number of alkyl halides is 3. The van der Waals surface area contributed by atoms with Crippen LogP contribution in [0.2, 0.25) is 0 Å². The molecule has 1 aliphatic heterocycles. The maximum absolute atomic E-state index is 13.3. The fourth-order valence-electron chi connectivity index (χ4n) is 4.02. The third-order valence-electron chi connectivity index (χ3n) is 6.08. The lowest BCUT2D eigenvalue weighted by Gasteiger charge is -2.27. The highest BCUT2D eigenvalue weighted by molar-refractivity contribution is 6.02. The van der Waals surface area contributed by atoms with Gasteiger partial charge in [-0.2, -0.15) is 13.2 Å². The van der Waals surface area contributed by atoms with Crippen LogP contribution >= 0.6 is 0 Å². The third kappa shape index (κ3) is 6.02. The lowest BCUT2D eigenvalue weighted by atomic mass is 9.96. The second-order valence-electron chi connectivity index (χ2n) is 8.98. The van der Waals surface area contributed by atoms with Gasteiger partial charge in [0.1, 0.15) is 17.2 Å². The molecule has 0 bridgehead atoms. The normalized spacial score (nSPS) is 17.2. The number of hydrogen-bond donors (Lipinski definition) is 4. The minimum absolute atomic E-state index is 0.0220. The Kier molecular flexibility index (Phi) is 7.53. The highest BCUT2D eigenvalue weighted by Gasteiger charge is 2.44. The summed E-state index contributed by atoms with van der Waals surface area (Å²) in [5.41, 5.74) is 5.01. The van der Waals surface area contributed by atoms with Gasteiger partial charge in [-0.1, -0.05) is 12.1 Å². The van der Waals surface area contributed by atoms with Crippen LogP contribution in [0.15, 0.2) is 54.7 Å². The van der Waals surface area contributed by atoms with Gasteiger partial charge in [0.2, 0.25) is 5.91 Å². The van der Waals surface area contributed by atoms with Crippen LogP contribution in [0, 0.1) is 12.7 Å². The summed E-state index contributed by atoms with van der Waals surface area (Å²) in [7, 11) is 0. The smallest absolute Gasteiger partial charge is 0.383 e. The molecule has 0 unspecified atom stereocenters. The van der Waals surface area contributed by atoms with E-state index in [1.165, 1.54) is 18.3 Å². The number of halogens is 4. The Bertz CT molecular complexity index is 1340. The van der Waals surface area contributed by atoms with Crippen LogP contribution in [0.25, 0.3) is 0 Å². The Labute approximate surface area is 215 Å². The number of carbonyl (C=O) groups excluding carboxylic acids is 2. The number of aryl methyl sites for hydroxylation is 1. The molecule has 5 N–H and O–H groups in total. The Balaban J connectivity index is 1.41. The number of nitrogens with two attached hydrogens (primary N) is 1. The van der Waals surface area contributed by atoms with Crippen LogP contribution in [0.3, 0.4) is 0 Å². The molecule has 2 heterocycles. The number of nitrogens with one attached hydrogen (secondary N) is 3. The molecule has 12 heteroatoms. The topological polar surface area (TPSA) is 118 Å². The number of pyridine rings is 1. The molecule has 0 aliphatic carbocycles. The number of nitrogen functional groups attached to an aromatic ring is 1. The maximum Gasteiger partial charge on any atom is 0.418 e. The summed E-state index contributed by atoms with van der Waals surface area (Å²) in [6, 6.07) is 10.3. The number of nitrogens with zero attached hydrogens (tertiary/aromatic N) is 1. The van der Waals surface area contributed by atoms with Gasteiger partial charge in [0.25, 0.3) is 5.91 Å². The van der Waals surface area contributed by atoms with E-state index in [-0.39, 0.29) is 43.2 Å². The molecule has 38 heavy (non-hydrogen) atoms. The van der Waals surface area contributed by atoms with E-state index in [0.717, 1.165) is 17.7 Å². The highest BCUT2D eigenvalue weighted by Crippen LogP contribution is 2.36. The molecule has 1 aliphatic rings. The van der Waals surface area contributed by atoms with E-state index in [2.05, 4.69) is 20.9 Å². The first-order valence-electron chi connectivity index (χ1n) is 11.6. The Morgan fingerprint density at radius 2 is 1.87 bits per heavy atom. The highest BCUT2D eigenvalue weighted by atomic mass is 19.4. The van der Waals surface area contributed by atoms with Crippen LogP contribution in [0.5, 0.6) is 0 Å². The van der Waals surface area contributed by atoms with Crippen molar-refractivity contribution in [2.45, 2.75) is 31.6 Å². The van der Waals surface area contributed by atoms with Gasteiger partial charge in [0, 0.05) is 31.5 Å². The van der Waals surface area contributed by atoms with Crippen LogP contribution in [0.1, 0.15) is 33.5 Å². The van der Waals surface area contributed by atoms with Gasteiger partial charge in [-0.05, 0) is 54.4 Å². The molecule has 2 amide bonds. The molecule has 1 aromatic heterocycles. The SMILES string of the molecule is Cc1cnc(N)c(C(=O)N[C@@]2(C(=O)NCc3ccc(Nc4ccc(F)cc4C(F)(F)F)cc3)CCOC2)c1. The van der Waals surface area contributed by atoms with Gasteiger partial charge in [0.05, 0.1) is 23.4 Å². The number of ether oxygens (including phenoxy) is 1. The molecule has 1 fully saturated rings. The van der Waals surface area contributed by atoms with Crippen LogP contribution in [-0.2, 0) is 22.3 Å². The van der Waals surface area contributed by atoms with Gasteiger partial charge in [-0.25, -0.2) is 9.37 Å². The third-order valence-corrected chi connectivity index (χ3v) is 6.08. The molecular weight excluding hydrogens is 506 g/mol. The van der Waals surface area contributed by atoms with E-state index < -0.39 is 34.9 Å². The van der Waals surface area contributed by atoms with E-state index in [1.54, 1.807) is 25.1 Å². The Morgan fingerprint density at radius 3 is 2.53 bits per heavy atom. The van der Waals surface area contributed by atoms with Gasteiger partial charge in [0.15, 0.2) is 0 Å². The van der Waals surface area contributed by atoms with Crippen molar-refractivity contribution in [3.63, 3.8) is 0 Å². The van der Waals surface area contributed by atoms with Crippen molar-refractivity contribution >= 4 is 29.0 Å². The molecular formula is C26H25F4N5O3. The lowest BCUT2D eigenvalue weighted by Crippen LogP contribution is -2.59. The number of rotatable bonds is 7. The van der Waals surface area contributed by atoms with E-state index in [4.69, 9.17) is 10.5 Å². The average molecular weight is 532 g/mol. The summed E-state index contributed by atoms with van der Waals surface area (Å²) in [4.78, 5) is 30.0. The number of benzene rings is 2. The summed E-state index contributed by atoms with van der Waals surface area (Å²) in [6.45, 7) is 2.11. The van der Waals surface area contributed by atoms with Crippen molar-refractivity contribution in [2.75, 3.05) is 24.3 Å². The van der Waals surface area contributed by atoms with E-state index in [1.807, 2.05) is 0 Å². The first-order chi connectivity index (χ1) is 18.0. The van der Waals surface area contributed by atoms with E-state index >= 15 is 0 Å². The van der Waals surface area contributed by atoms with Gasteiger partial charge in [-0.3, -0.25) is 9.59 Å². The summed E-state index contributed by atoms with van der Waals surface area (Å²) >= 11 is 0. The van der Waals surface area contributed by atoms with Crippen molar-refractivity contribution in [2.24, 2.45) is 0 Å². The molecule has 1 atom stereocenters. The Morgan fingerprint density at radius 1 is 1.13 bits per heavy atom. The fraction of sp³-hybridized carbons (Fsp3) is 0.269. The van der Waals surface area contributed by atoms with Gasteiger partial charge < -0.3 is 26.4 Å². The first kappa shape index (κ1) is 26.9. The zero-order valence-electron chi connectivity index (χ0n) is 20.3. The summed E-state index contributed by atoms with van der Waals surface area (Å²) < 4.78 is 58.5. The maximum atomic E-state index is 13.3. The number of aromatic nitrogens is 1. The summed E-state index contributed by atoms with van der Waals surface area (Å²) in [5.74, 6) is -1.95. The molecule has 1 saturated heterocycles. The minimum Gasteiger partial charge on any atom is -0.383 e. The molecule has 200 valence electrons. The predicted molar refractivity (Wildman–Crippen MR) is 132 cm³/mol. The van der Waals surface area contributed by atoms with Crippen molar-refractivity contribution in [3.05, 3.63) is 82.8 Å². The van der Waals surface area contributed by atoms with Crippen LogP contribution < -0.4 is 21.7 Å². The van der Waals surface area contributed by atoms with Gasteiger partial charge in [-0.15, -0.1) is 0 Å². The zero-order valence-corrected chi connectivity index (χ0v) is 20.3. The largest absolute Gasteiger partial charge is 0.418 e. The molecule has 0 saturated carbocycles. The monoisotopic (exact) mass is 531 g/mol. The summed E-state index contributed by atoms with van der Waals surface area (Å²) in [5, 5.41) is 8.16. The van der Waals surface area contributed by atoms with Crippen molar-refractivity contribution in [1.82, 2.24) is 15.6 Å². The molecule has 0 radical (unpaired) electrons. The number of hydrogen-bond acceptors (Lipinski definition) is 6. The molecule has 8 nitrogen and oxygen atoms in total. The quantitative estimate of drug-likeness (QED) is 0.342. The number of anilines is 3. The Hall–Kier alpha value is -4.19. The standard InChI is InChI=1S/C26H25F4N5O3/c1-15-10-19(22(31)32-12-15)23(36)35-25(8-9-38-14-25)24(37)33-13-16-2-5-18(6-3-16)34-21-7-4-17(27)11-20(21)26(28,29)30/h2-7,10-12,34H,8-9,13-14H2,1H3,(H2,31,32)(H,33,37)(H,35,36)/t25-/m0/s1. The minimum atomic E-state index is -4.73. The first-order valence-corrected chi connectivity index (χ1v) is 11.6. The second-order valence-corrected chi connectivity index (χ2v) is 8.98. The molecule has 0 spiro atoms. The lowest BCUT2D eigenvalue weighted by molar-refractivity contribution is -0.137. The predicted octanol–water partition coefficient (Wildman–Crippen LogP) is 4.08. The average Bonchev–Trinajstić information content (AvgIpc) is 3.35. The van der Waals surface area contributed by atoms with Gasteiger partial charge >= 0.3 is 6.18 Å². The fourth-order valence-corrected chi connectivity index (χ4v) is 4.02. The zero-order chi connectivity index (χ0) is 27.5. The number of carbonyl (C=O) groups is 2. The molecule has 3 aromatic rings. The second kappa shape index (κ2) is 10.7. The molecule has 2 aromatic carbocycles. The van der Waals surface area contributed by atoms with Crippen molar-refractivity contribution in [3.8, 4) is 0 Å².